The van der Waals surface area contributed by atoms with Crippen LogP contribution in [0.3, 0.4) is 0 Å². The lowest BCUT2D eigenvalue weighted by atomic mass is 9.91. The van der Waals surface area contributed by atoms with Gasteiger partial charge >= 0.3 is 5.97 Å². The Labute approximate surface area is 371 Å². The molecule has 20 unspecified atom stereocenters. The van der Waals surface area contributed by atoms with E-state index in [2.05, 4.69) is 0 Å². The van der Waals surface area contributed by atoms with E-state index >= 15 is 0 Å². The molecule has 4 heterocycles. The topological polar surface area (TPSA) is 363 Å². The van der Waals surface area contributed by atoms with E-state index in [1.165, 1.54) is 57.2 Å². The minimum absolute atomic E-state index is 0.0896. The van der Waals surface area contributed by atoms with Crippen molar-refractivity contribution in [2.24, 2.45) is 5.92 Å². The largest absolute Gasteiger partial charge is 0.504 e. The molecular weight excluding hydrogens is 872 g/mol. The van der Waals surface area contributed by atoms with Crippen LogP contribution in [0.1, 0.15) is 31.9 Å². The second-order valence-corrected chi connectivity index (χ2v) is 16.4. The van der Waals surface area contributed by atoms with Gasteiger partial charge in [-0.2, -0.15) is 0 Å². The molecule has 4 fully saturated rings. The lowest BCUT2D eigenvalue weighted by Gasteiger charge is -2.48. The van der Waals surface area contributed by atoms with Crippen molar-refractivity contribution < 1.29 is 114 Å². The van der Waals surface area contributed by atoms with Gasteiger partial charge in [-0.1, -0.05) is 19.1 Å². The molecule has 0 radical (unpaired) electrons. The van der Waals surface area contributed by atoms with Gasteiger partial charge in [0.1, 0.15) is 67.1 Å². The van der Waals surface area contributed by atoms with Crippen LogP contribution in [0.5, 0.6) is 23.0 Å². The molecular formula is C42H58O23. The number of carbonyl (C=O) groups is 1. The van der Waals surface area contributed by atoms with Gasteiger partial charge in [0.05, 0.1) is 38.1 Å². The normalized spacial score (nSPS) is 40.2. The predicted molar refractivity (Wildman–Crippen MR) is 214 cm³/mol. The van der Waals surface area contributed by atoms with E-state index in [0.717, 1.165) is 12.1 Å². The Morgan fingerprint density at radius 3 is 1.83 bits per heavy atom. The molecule has 2 aromatic carbocycles. The number of hydrogen-bond donors (Lipinski definition) is 13. The van der Waals surface area contributed by atoms with E-state index in [4.69, 9.17) is 42.6 Å². The summed E-state index contributed by atoms with van der Waals surface area (Å²) in [6.45, 7) is 2.78. The third kappa shape index (κ3) is 11.7. The molecule has 4 aliphatic heterocycles. The van der Waals surface area contributed by atoms with Gasteiger partial charge in [-0.15, -0.1) is 0 Å². The molecule has 23 nitrogen and oxygen atoms in total. The molecule has 364 valence electrons. The Morgan fingerprint density at radius 1 is 0.585 bits per heavy atom. The maximum atomic E-state index is 13.6. The van der Waals surface area contributed by atoms with E-state index in [-0.39, 0.29) is 24.3 Å². The number of esters is 1. The summed E-state index contributed by atoms with van der Waals surface area (Å²) in [5.41, 5.74) is 0.747. The summed E-state index contributed by atoms with van der Waals surface area (Å²) >= 11 is 0. The van der Waals surface area contributed by atoms with Crippen molar-refractivity contribution in [2.75, 3.05) is 19.8 Å². The maximum Gasteiger partial charge on any atom is 0.331 e. The zero-order chi connectivity index (χ0) is 47.4. The minimum Gasteiger partial charge on any atom is -0.504 e. The lowest BCUT2D eigenvalue weighted by Crippen LogP contribution is -2.66. The monoisotopic (exact) mass is 930 g/mol. The van der Waals surface area contributed by atoms with Crippen LogP contribution in [-0.4, -0.2) is 209 Å². The number of rotatable bonds is 15. The summed E-state index contributed by atoms with van der Waals surface area (Å²) in [7, 11) is 0. The van der Waals surface area contributed by atoms with Crippen LogP contribution in [0.25, 0.3) is 6.08 Å². The molecule has 13 N–H and O–H groups in total. The smallest absolute Gasteiger partial charge is 0.331 e. The number of aliphatic hydroxyl groups excluding tert-OH is 9. The highest BCUT2D eigenvalue weighted by Gasteiger charge is 2.55. The number of hydrogen-bond acceptors (Lipinski definition) is 23. The zero-order valence-corrected chi connectivity index (χ0v) is 35.4. The van der Waals surface area contributed by atoms with E-state index in [9.17, 15) is 71.2 Å². The number of aromatic hydroxyl groups is 4. The van der Waals surface area contributed by atoms with Crippen LogP contribution in [-0.2, 0) is 53.8 Å². The van der Waals surface area contributed by atoms with Crippen LogP contribution in [0.4, 0.5) is 0 Å². The lowest BCUT2D eigenvalue weighted by molar-refractivity contribution is -0.379. The van der Waals surface area contributed by atoms with Crippen molar-refractivity contribution in [3.63, 3.8) is 0 Å². The fourth-order valence-corrected chi connectivity index (χ4v) is 7.77. The molecule has 4 aliphatic rings. The van der Waals surface area contributed by atoms with Gasteiger partial charge in [-0.25, -0.2) is 4.79 Å². The van der Waals surface area contributed by atoms with Crippen molar-refractivity contribution in [2.45, 2.75) is 144 Å². The van der Waals surface area contributed by atoms with E-state index in [1.807, 2.05) is 0 Å². The Balaban J connectivity index is 1.31. The summed E-state index contributed by atoms with van der Waals surface area (Å²) in [5.74, 6) is -3.63. The molecule has 0 spiro atoms. The number of aliphatic hydroxyl groups is 9. The van der Waals surface area contributed by atoms with Crippen LogP contribution >= 0.6 is 0 Å². The molecule has 20 atom stereocenters. The standard InChI is InChI=1S/C42H58O23/c1-16-28(49)25(14-43)61-39(29(16)50)58-15-26-36(63-27(48)9-6-19-4-7-21(44)23(46)12-19)38(35(56)40(62-26)57-11-10-20-5-8-22(45)24(47)13-20)65-42-34(55)37(31(52)18(3)60-42)64-41-33(54)32(53)30(51)17(2)59-41/h4-9,12-13,16-18,25-26,28-47,49-56H,10-11,14-15H2,1-3H3/b9-6+. The number of ether oxygens (including phenoxy) is 9. The molecule has 0 bridgehead atoms. The van der Waals surface area contributed by atoms with E-state index in [0.29, 0.717) is 5.56 Å². The molecule has 6 rings (SSSR count). The second-order valence-electron chi connectivity index (χ2n) is 16.4. The van der Waals surface area contributed by atoms with E-state index < -0.39 is 159 Å². The quantitative estimate of drug-likeness (QED) is 0.0479. The first kappa shape index (κ1) is 50.6. The number of phenols is 4. The molecule has 23 heteroatoms. The Morgan fingerprint density at radius 2 is 1.17 bits per heavy atom. The van der Waals surface area contributed by atoms with Gasteiger partial charge in [0.25, 0.3) is 0 Å². The number of phenolic OH excluding ortho intramolecular Hbond substituents is 4. The molecule has 0 aliphatic carbocycles. The molecule has 0 amide bonds. The summed E-state index contributed by atoms with van der Waals surface area (Å²) in [5, 5.41) is 137. The van der Waals surface area contributed by atoms with E-state index in [1.54, 1.807) is 0 Å². The summed E-state index contributed by atoms with van der Waals surface area (Å²) in [6, 6.07) is 7.75. The predicted octanol–water partition coefficient (Wildman–Crippen LogP) is -3.06. The van der Waals surface area contributed by atoms with Gasteiger partial charge in [0.2, 0.25) is 0 Å². The third-order valence-electron chi connectivity index (χ3n) is 11.8. The minimum atomic E-state index is -1.98. The first-order valence-electron chi connectivity index (χ1n) is 20.9. The van der Waals surface area contributed by atoms with Crippen LogP contribution in [0.2, 0.25) is 0 Å². The van der Waals surface area contributed by atoms with Crippen LogP contribution in [0, 0.1) is 5.92 Å². The van der Waals surface area contributed by atoms with Crippen molar-refractivity contribution in [3.8, 4) is 23.0 Å². The molecule has 4 saturated heterocycles. The van der Waals surface area contributed by atoms with Crippen molar-refractivity contribution in [1.82, 2.24) is 0 Å². The van der Waals surface area contributed by atoms with Gasteiger partial charge < -0.3 is 109 Å². The fraction of sp³-hybridized carbons (Fsp3) is 0.643. The Hall–Kier alpha value is -3.83. The van der Waals surface area contributed by atoms with Crippen molar-refractivity contribution in [3.05, 3.63) is 53.6 Å². The SMILES string of the molecule is CC1OC(OC2C(O)C(C)OC(OC3C(O)C(OCCc4ccc(O)c(O)c4)OC(COC4OC(CO)C(O)C(C)C4O)C3OC(=O)/C=C/c3ccc(O)c(O)c3)C2O)C(O)C(O)C1O. The average molecular weight is 931 g/mol. The van der Waals surface area contributed by atoms with Gasteiger partial charge in [0, 0.05) is 12.0 Å². The summed E-state index contributed by atoms with van der Waals surface area (Å²) in [4.78, 5) is 13.6. The fourth-order valence-electron chi connectivity index (χ4n) is 7.77. The Kier molecular flexibility index (Phi) is 17.0. The number of benzene rings is 2. The van der Waals surface area contributed by atoms with Gasteiger partial charge in [-0.05, 0) is 61.7 Å². The highest BCUT2D eigenvalue weighted by molar-refractivity contribution is 5.87. The first-order valence-corrected chi connectivity index (χ1v) is 20.9. The molecule has 2 aromatic rings. The second kappa shape index (κ2) is 21.9. The zero-order valence-electron chi connectivity index (χ0n) is 35.4. The highest BCUT2D eigenvalue weighted by Crippen LogP contribution is 2.36. The highest BCUT2D eigenvalue weighted by atomic mass is 16.8. The molecule has 0 saturated carbocycles. The van der Waals surface area contributed by atoms with Crippen LogP contribution < -0.4 is 0 Å². The maximum absolute atomic E-state index is 13.6. The molecule has 0 aromatic heterocycles. The average Bonchev–Trinajstić information content (AvgIpc) is 3.27. The van der Waals surface area contributed by atoms with Gasteiger partial charge in [-0.3, -0.25) is 0 Å². The van der Waals surface area contributed by atoms with Crippen molar-refractivity contribution >= 4 is 12.0 Å². The Bertz CT molecular complexity index is 1900. The summed E-state index contributed by atoms with van der Waals surface area (Å²) in [6.07, 6.45) is -27.9. The number of carbonyl (C=O) groups excluding carboxylic acids is 1. The summed E-state index contributed by atoms with van der Waals surface area (Å²) < 4.78 is 52.8. The van der Waals surface area contributed by atoms with Crippen LogP contribution in [0.15, 0.2) is 42.5 Å². The third-order valence-corrected chi connectivity index (χ3v) is 11.8. The molecule has 65 heavy (non-hydrogen) atoms. The van der Waals surface area contributed by atoms with Gasteiger partial charge in [0.15, 0.2) is 54.3 Å². The first-order chi connectivity index (χ1) is 30.8. The van der Waals surface area contributed by atoms with Crippen molar-refractivity contribution in [1.29, 1.82) is 0 Å².